The Morgan fingerprint density at radius 2 is 1.81 bits per heavy atom. The summed E-state index contributed by atoms with van der Waals surface area (Å²) in [5.41, 5.74) is 1.83. The van der Waals surface area contributed by atoms with Gasteiger partial charge in [0.1, 0.15) is 0 Å². The number of rotatable bonds is 4. The van der Waals surface area contributed by atoms with E-state index in [-0.39, 0.29) is 30.3 Å². The first-order valence-electron chi connectivity index (χ1n) is 8.60. The van der Waals surface area contributed by atoms with Gasteiger partial charge in [0, 0.05) is 36.4 Å². The minimum absolute atomic E-state index is 0. The van der Waals surface area contributed by atoms with Gasteiger partial charge in [-0.1, -0.05) is 24.3 Å². The Balaban J connectivity index is 0.00000243. The zero-order chi connectivity index (χ0) is 17.6. The second-order valence-electron chi connectivity index (χ2n) is 6.30. The second kappa shape index (κ2) is 9.36. The van der Waals surface area contributed by atoms with E-state index in [4.69, 9.17) is 0 Å². The number of amides is 2. The smallest absolute Gasteiger partial charge is 0.258 e. The number of hydrogen-bond acceptors (Lipinski definition) is 3. The lowest BCUT2D eigenvalue weighted by Gasteiger charge is -2.24. The molecule has 0 radical (unpaired) electrons. The molecular formula is C20H24ClN3O2. The van der Waals surface area contributed by atoms with Gasteiger partial charge in [0.05, 0.1) is 0 Å². The van der Waals surface area contributed by atoms with Gasteiger partial charge in [-0.25, -0.2) is 0 Å². The molecule has 2 N–H and O–H groups in total. The maximum Gasteiger partial charge on any atom is 0.258 e. The maximum atomic E-state index is 12.7. The Morgan fingerprint density at radius 1 is 1.08 bits per heavy atom. The first-order chi connectivity index (χ1) is 12.1. The van der Waals surface area contributed by atoms with E-state index in [2.05, 4.69) is 10.6 Å². The molecule has 1 fully saturated rings. The molecule has 6 heteroatoms. The van der Waals surface area contributed by atoms with Crippen LogP contribution in [0.3, 0.4) is 0 Å². The number of hydrogen-bond donors (Lipinski definition) is 2. The maximum absolute atomic E-state index is 12.7. The Morgan fingerprint density at radius 3 is 2.50 bits per heavy atom. The molecule has 1 atom stereocenters. The van der Waals surface area contributed by atoms with Crippen LogP contribution in [-0.2, 0) is 0 Å². The number of carbonyl (C=O) groups is 2. The van der Waals surface area contributed by atoms with E-state index in [9.17, 15) is 9.59 Å². The Kier molecular flexibility index (Phi) is 7.18. The highest BCUT2D eigenvalue weighted by molar-refractivity contribution is 6.07. The third-order valence-corrected chi connectivity index (χ3v) is 4.45. The van der Waals surface area contributed by atoms with Crippen LogP contribution in [0.25, 0.3) is 0 Å². The third kappa shape index (κ3) is 4.84. The van der Waals surface area contributed by atoms with Gasteiger partial charge >= 0.3 is 0 Å². The Hall–Kier alpha value is -2.37. The van der Waals surface area contributed by atoms with Crippen molar-refractivity contribution in [3.05, 3.63) is 65.7 Å². The van der Waals surface area contributed by atoms with Crippen molar-refractivity contribution in [1.29, 1.82) is 0 Å². The number of benzene rings is 2. The van der Waals surface area contributed by atoms with Crippen molar-refractivity contribution < 1.29 is 9.59 Å². The first-order valence-corrected chi connectivity index (χ1v) is 8.60. The summed E-state index contributed by atoms with van der Waals surface area (Å²) in [4.78, 5) is 26.7. The average molecular weight is 374 g/mol. The van der Waals surface area contributed by atoms with Gasteiger partial charge in [-0.3, -0.25) is 9.59 Å². The highest BCUT2D eigenvalue weighted by Gasteiger charge is 2.18. The van der Waals surface area contributed by atoms with Crippen molar-refractivity contribution in [2.75, 3.05) is 25.0 Å². The zero-order valence-electron chi connectivity index (χ0n) is 14.8. The second-order valence-corrected chi connectivity index (χ2v) is 6.30. The molecule has 2 aromatic carbocycles. The van der Waals surface area contributed by atoms with Crippen molar-refractivity contribution in [2.24, 2.45) is 0 Å². The lowest BCUT2D eigenvalue weighted by molar-refractivity contribution is 0.0930. The molecule has 1 unspecified atom stereocenters. The number of nitrogens with one attached hydrogen (secondary N) is 2. The largest absolute Gasteiger partial charge is 0.348 e. The lowest BCUT2D eigenvalue weighted by Crippen LogP contribution is -2.45. The van der Waals surface area contributed by atoms with Crippen LogP contribution in [0.4, 0.5) is 5.69 Å². The fourth-order valence-corrected chi connectivity index (χ4v) is 3.00. The predicted molar refractivity (Wildman–Crippen MR) is 106 cm³/mol. The summed E-state index contributed by atoms with van der Waals surface area (Å²) in [7, 11) is 1.73. The molecule has 0 saturated carbocycles. The minimum Gasteiger partial charge on any atom is -0.348 e. The van der Waals surface area contributed by atoms with Crippen LogP contribution < -0.4 is 15.5 Å². The molecule has 1 aliphatic heterocycles. The zero-order valence-corrected chi connectivity index (χ0v) is 15.6. The molecule has 0 aromatic heterocycles. The van der Waals surface area contributed by atoms with Crippen LogP contribution in [0, 0.1) is 0 Å². The standard InChI is InChI=1S/C20H23N3O2.ClH/c1-23(18-10-3-2-4-11-18)20(25)16-8-5-7-15(13-16)19(24)22-17-9-6-12-21-14-17;/h2-5,7-8,10-11,13,17,21H,6,9,12,14H2,1H3,(H,22,24);1H. The molecule has 3 rings (SSSR count). The summed E-state index contributed by atoms with van der Waals surface area (Å²) in [5.74, 6) is -0.272. The predicted octanol–water partition coefficient (Wildman–Crippen LogP) is 2.87. The summed E-state index contributed by atoms with van der Waals surface area (Å²) < 4.78 is 0. The van der Waals surface area contributed by atoms with E-state index in [0.29, 0.717) is 11.1 Å². The number of anilines is 1. The summed E-state index contributed by atoms with van der Waals surface area (Å²) in [6.45, 7) is 1.79. The van der Waals surface area contributed by atoms with Crippen molar-refractivity contribution in [2.45, 2.75) is 18.9 Å². The fourth-order valence-electron chi connectivity index (χ4n) is 3.00. The quantitative estimate of drug-likeness (QED) is 0.866. The van der Waals surface area contributed by atoms with Gasteiger partial charge in [0.25, 0.3) is 11.8 Å². The van der Waals surface area contributed by atoms with E-state index in [0.717, 1.165) is 31.6 Å². The average Bonchev–Trinajstić information content (AvgIpc) is 2.68. The summed E-state index contributed by atoms with van der Waals surface area (Å²) in [6.07, 6.45) is 2.04. The van der Waals surface area contributed by atoms with Crippen LogP contribution >= 0.6 is 12.4 Å². The number of nitrogens with zero attached hydrogens (tertiary/aromatic N) is 1. The molecule has 0 aliphatic carbocycles. The van der Waals surface area contributed by atoms with Gasteiger partial charge in [-0.2, -0.15) is 0 Å². The van der Waals surface area contributed by atoms with E-state index in [1.807, 2.05) is 30.3 Å². The van der Waals surface area contributed by atoms with Crippen molar-refractivity contribution in [3.63, 3.8) is 0 Å². The molecule has 1 aliphatic rings. The fraction of sp³-hybridized carbons (Fsp3) is 0.300. The van der Waals surface area contributed by atoms with Crippen LogP contribution in [-0.4, -0.2) is 38.0 Å². The van der Waals surface area contributed by atoms with Gasteiger partial charge < -0.3 is 15.5 Å². The van der Waals surface area contributed by atoms with Crippen LogP contribution in [0.1, 0.15) is 33.6 Å². The van der Waals surface area contributed by atoms with Crippen LogP contribution in [0.2, 0.25) is 0 Å². The molecule has 0 spiro atoms. The van der Waals surface area contributed by atoms with Crippen LogP contribution in [0.15, 0.2) is 54.6 Å². The van der Waals surface area contributed by atoms with E-state index in [1.54, 1.807) is 36.2 Å². The molecule has 2 aromatic rings. The number of piperidine rings is 1. The van der Waals surface area contributed by atoms with Gasteiger partial charge in [0.2, 0.25) is 0 Å². The molecule has 138 valence electrons. The number of halogens is 1. The highest BCUT2D eigenvalue weighted by atomic mass is 35.5. The summed E-state index contributed by atoms with van der Waals surface area (Å²) in [6, 6.07) is 16.5. The molecule has 5 nitrogen and oxygen atoms in total. The highest BCUT2D eigenvalue weighted by Crippen LogP contribution is 2.16. The van der Waals surface area contributed by atoms with Crippen molar-refractivity contribution >= 4 is 29.9 Å². The van der Waals surface area contributed by atoms with Crippen molar-refractivity contribution in [1.82, 2.24) is 10.6 Å². The number of carbonyl (C=O) groups excluding carboxylic acids is 2. The van der Waals surface area contributed by atoms with E-state index >= 15 is 0 Å². The van der Waals surface area contributed by atoms with Crippen molar-refractivity contribution in [3.8, 4) is 0 Å². The normalized spacial score (nSPS) is 16.3. The summed E-state index contributed by atoms with van der Waals surface area (Å²) >= 11 is 0. The molecule has 1 heterocycles. The molecule has 1 saturated heterocycles. The number of para-hydroxylation sites is 1. The molecule has 26 heavy (non-hydrogen) atoms. The Labute approximate surface area is 160 Å². The summed E-state index contributed by atoms with van der Waals surface area (Å²) in [5, 5.41) is 6.31. The van der Waals surface area contributed by atoms with E-state index in [1.165, 1.54) is 0 Å². The topological polar surface area (TPSA) is 61.4 Å². The molecule has 0 bridgehead atoms. The monoisotopic (exact) mass is 373 g/mol. The van der Waals surface area contributed by atoms with Gasteiger partial charge in [-0.15, -0.1) is 12.4 Å². The SMILES string of the molecule is CN(C(=O)c1cccc(C(=O)NC2CCCNC2)c1)c1ccccc1.Cl. The minimum atomic E-state index is -0.139. The first kappa shape index (κ1) is 19.9. The molecule has 2 amide bonds. The Bertz CT molecular complexity index is 746. The van der Waals surface area contributed by atoms with Gasteiger partial charge in [0.15, 0.2) is 0 Å². The van der Waals surface area contributed by atoms with Gasteiger partial charge in [-0.05, 0) is 49.7 Å². The van der Waals surface area contributed by atoms with Crippen LogP contribution in [0.5, 0.6) is 0 Å². The lowest BCUT2D eigenvalue weighted by atomic mass is 10.1. The van der Waals surface area contributed by atoms with E-state index < -0.39 is 0 Å². The molecular weight excluding hydrogens is 350 g/mol. The third-order valence-electron chi connectivity index (χ3n) is 4.45.